The maximum Gasteiger partial charge on any atom is 0.259 e. The van der Waals surface area contributed by atoms with E-state index >= 15 is 0 Å². The zero-order valence-corrected chi connectivity index (χ0v) is 12.4. The first-order valence-corrected chi connectivity index (χ1v) is 6.86. The van der Waals surface area contributed by atoms with Crippen LogP contribution in [0.25, 0.3) is 10.9 Å². The lowest BCUT2D eigenvalue weighted by atomic mass is 10.1. The third-order valence-corrected chi connectivity index (χ3v) is 3.56. The van der Waals surface area contributed by atoms with E-state index in [0.29, 0.717) is 22.4 Å². The van der Waals surface area contributed by atoms with Gasteiger partial charge in [0.25, 0.3) is 11.5 Å². The summed E-state index contributed by atoms with van der Waals surface area (Å²) in [7, 11) is 0. The number of carbonyl (C=O) groups excluding carboxylic acids is 1. The summed E-state index contributed by atoms with van der Waals surface area (Å²) in [5, 5.41) is 3.40. The monoisotopic (exact) mass is 291 g/mol. The highest BCUT2D eigenvalue weighted by molar-refractivity contribution is 7.71. The fourth-order valence-corrected chi connectivity index (χ4v) is 1.97. The molecule has 0 aliphatic rings. The van der Waals surface area contributed by atoms with Crippen molar-refractivity contribution in [2.45, 2.75) is 26.8 Å². The lowest BCUT2D eigenvalue weighted by Gasteiger charge is -2.17. The van der Waals surface area contributed by atoms with Crippen molar-refractivity contribution in [2.24, 2.45) is 5.92 Å². The van der Waals surface area contributed by atoms with Crippen LogP contribution in [0.5, 0.6) is 0 Å². The molecule has 1 unspecified atom stereocenters. The molecule has 0 aliphatic heterocycles. The van der Waals surface area contributed by atoms with Crippen molar-refractivity contribution in [1.29, 1.82) is 0 Å². The Morgan fingerprint density at radius 3 is 2.60 bits per heavy atom. The fraction of sp³-hybridized carbons (Fsp3) is 0.357. The SMILES string of the molecule is CC(C)C(C)NC(=O)c1ccc2c(=O)[nH]c(=S)[nH]c2c1. The number of carbonyl (C=O) groups is 1. The molecular formula is C14H17N3O2S. The van der Waals surface area contributed by atoms with Crippen LogP contribution in [0.2, 0.25) is 0 Å². The van der Waals surface area contributed by atoms with Crippen molar-refractivity contribution < 1.29 is 4.79 Å². The van der Waals surface area contributed by atoms with Gasteiger partial charge in [-0.3, -0.25) is 14.6 Å². The highest BCUT2D eigenvalue weighted by atomic mass is 32.1. The summed E-state index contributed by atoms with van der Waals surface area (Å²) in [5.41, 5.74) is 0.802. The molecule has 1 atom stereocenters. The van der Waals surface area contributed by atoms with Crippen molar-refractivity contribution in [2.75, 3.05) is 0 Å². The molecule has 0 spiro atoms. The Balaban J connectivity index is 2.39. The maximum absolute atomic E-state index is 12.1. The van der Waals surface area contributed by atoms with Crippen LogP contribution in [-0.2, 0) is 0 Å². The van der Waals surface area contributed by atoms with Crippen molar-refractivity contribution >= 4 is 29.0 Å². The molecule has 3 N–H and O–H groups in total. The average molecular weight is 291 g/mol. The minimum absolute atomic E-state index is 0.0795. The van der Waals surface area contributed by atoms with Gasteiger partial charge >= 0.3 is 0 Å². The molecule has 2 rings (SSSR count). The van der Waals surface area contributed by atoms with Gasteiger partial charge in [-0.1, -0.05) is 13.8 Å². The molecule has 6 heteroatoms. The van der Waals surface area contributed by atoms with Crippen LogP contribution in [0.15, 0.2) is 23.0 Å². The zero-order chi connectivity index (χ0) is 14.9. The summed E-state index contributed by atoms with van der Waals surface area (Å²) >= 11 is 4.93. The average Bonchev–Trinajstić information content (AvgIpc) is 2.37. The molecule has 0 fully saturated rings. The summed E-state index contributed by atoms with van der Waals surface area (Å²) in [4.78, 5) is 29.2. The van der Waals surface area contributed by atoms with Crippen LogP contribution in [0.3, 0.4) is 0 Å². The van der Waals surface area contributed by atoms with E-state index in [2.05, 4.69) is 15.3 Å². The van der Waals surface area contributed by atoms with Crippen LogP contribution in [0.1, 0.15) is 31.1 Å². The Kier molecular flexibility index (Phi) is 4.04. The van der Waals surface area contributed by atoms with Gasteiger partial charge in [0.1, 0.15) is 0 Å². The molecule has 2 aromatic rings. The number of benzene rings is 1. The van der Waals surface area contributed by atoms with Gasteiger partial charge in [0.05, 0.1) is 10.9 Å². The number of fused-ring (bicyclic) bond motifs is 1. The highest BCUT2D eigenvalue weighted by Gasteiger charge is 2.13. The topological polar surface area (TPSA) is 77.8 Å². The predicted molar refractivity (Wildman–Crippen MR) is 81.5 cm³/mol. The van der Waals surface area contributed by atoms with Crippen molar-refractivity contribution in [3.63, 3.8) is 0 Å². The van der Waals surface area contributed by atoms with Gasteiger partial charge in [-0.05, 0) is 43.3 Å². The number of nitrogens with one attached hydrogen (secondary N) is 3. The summed E-state index contributed by atoms with van der Waals surface area (Å²) in [6.07, 6.45) is 0. The van der Waals surface area contributed by atoms with E-state index in [1.807, 2.05) is 20.8 Å². The van der Waals surface area contributed by atoms with Crippen LogP contribution in [0, 0.1) is 10.7 Å². The summed E-state index contributed by atoms with van der Waals surface area (Å²) in [6.45, 7) is 6.05. The van der Waals surface area contributed by atoms with E-state index in [9.17, 15) is 9.59 Å². The second kappa shape index (κ2) is 5.58. The van der Waals surface area contributed by atoms with Gasteiger partial charge in [0.2, 0.25) is 0 Å². The molecular weight excluding hydrogens is 274 g/mol. The lowest BCUT2D eigenvalue weighted by Crippen LogP contribution is -2.36. The standard InChI is InChI=1S/C14H17N3O2S/c1-7(2)8(3)15-12(18)9-4-5-10-11(6-9)16-14(20)17-13(10)19/h4-8H,1-3H3,(H,15,18)(H2,16,17,19,20). The fourth-order valence-electron chi connectivity index (χ4n) is 1.77. The van der Waals surface area contributed by atoms with E-state index in [1.165, 1.54) is 0 Å². The number of hydrogen-bond donors (Lipinski definition) is 3. The number of aromatic amines is 2. The highest BCUT2D eigenvalue weighted by Crippen LogP contribution is 2.11. The molecule has 1 aromatic carbocycles. The van der Waals surface area contributed by atoms with Gasteiger partial charge < -0.3 is 10.3 Å². The predicted octanol–water partition coefficient (Wildman–Crippen LogP) is 2.36. The van der Waals surface area contributed by atoms with E-state index in [-0.39, 0.29) is 22.3 Å². The van der Waals surface area contributed by atoms with Gasteiger partial charge in [0.15, 0.2) is 4.77 Å². The Bertz CT molecular complexity index is 761. The Hall–Kier alpha value is -1.95. The van der Waals surface area contributed by atoms with Crippen LogP contribution in [0.4, 0.5) is 0 Å². The Labute approximate surface area is 121 Å². The minimum Gasteiger partial charge on any atom is -0.349 e. The maximum atomic E-state index is 12.1. The Morgan fingerprint density at radius 1 is 1.25 bits per heavy atom. The molecule has 5 nitrogen and oxygen atoms in total. The third kappa shape index (κ3) is 2.96. The Morgan fingerprint density at radius 2 is 1.95 bits per heavy atom. The smallest absolute Gasteiger partial charge is 0.259 e. The summed E-state index contributed by atoms with van der Waals surface area (Å²) < 4.78 is 0.246. The molecule has 0 aliphatic carbocycles. The second-order valence-electron chi connectivity index (χ2n) is 5.17. The number of aromatic nitrogens is 2. The van der Waals surface area contributed by atoms with Gasteiger partial charge in [0, 0.05) is 11.6 Å². The van der Waals surface area contributed by atoms with E-state index in [0.717, 1.165) is 0 Å². The van der Waals surface area contributed by atoms with Crippen LogP contribution >= 0.6 is 12.2 Å². The molecule has 106 valence electrons. The van der Waals surface area contributed by atoms with Crippen molar-refractivity contribution in [1.82, 2.24) is 15.3 Å². The van der Waals surface area contributed by atoms with E-state index in [1.54, 1.807) is 18.2 Å². The van der Waals surface area contributed by atoms with Crippen LogP contribution < -0.4 is 10.9 Å². The lowest BCUT2D eigenvalue weighted by molar-refractivity contribution is 0.0930. The molecule has 1 aromatic heterocycles. The number of rotatable bonds is 3. The van der Waals surface area contributed by atoms with Crippen molar-refractivity contribution in [3.8, 4) is 0 Å². The zero-order valence-electron chi connectivity index (χ0n) is 11.6. The quantitative estimate of drug-likeness (QED) is 0.760. The molecule has 0 saturated carbocycles. The number of amides is 1. The van der Waals surface area contributed by atoms with Crippen LogP contribution in [-0.4, -0.2) is 21.9 Å². The second-order valence-corrected chi connectivity index (χ2v) is 5.58. The number of hydrogen-bond acceptors (Lipinski definition) is 3. The molecule has 0 radical (unpaired) electrons. The first-order valence-electron chi connectivity index (χ1n) is 6.45. The molecule has 20 heavy (non-hydrogen) atoms. The van der Waals surface area contributed by atoms with Gasteiger partial charge in [-0.2, -0.15) is 0 Å². The van der Waals surface area contributed by atoms with Crippen molar-refractivity contribution in [3.05, 3.63) is 38.9 Å². The summed E-state index contributed by atoms with van der Waals surface area (Å²) in [5.74, 6) is 0.195. The normalized spacial score (nSPS) is 12.6. The first-order chi connectivity index (χ1) is 9.38. The van der Waals surface area contributed by atoms with Gasteiger partial charge in [-0.25, -0.2) is 0 Å². The van der Waals surface area contributed by atoms with E-state index in [4.69, 9.17) is 12.2 Å². The molecule has 0 saturated heterocycles. The largest absolute Gasteiger partial charge is 0.349 e. The minimum atomic E-state index is -0.258. The number of H-pyrrole nitrogens is 2. The molecule has 1 heterocycles. The summed E-state index contributed by atoms with van der Waals surface area (Å²) in [6, 6.07) is 4.98. The van der Waals surface area contributed by atoms with Gasteiger partial charge in [-0.15, -0.1) is 0 Å². The molecule has 0 bridgehead atoms. The first kappa shape index (κ1) is 14.5. The molecule has 1 amide bonds. The van der Waals surface area contributed by atoms with E-state index < -0.39 is 0 Å². The third-order valence-electron chi connectivity index (χ3n) is 3.36.